The number of rotatable bonds is 2. The van der Waals surface area contributed by atoms with Crippen LogP contribution in [-0.4, -0.2) is 42.6 Å². The van der Waals surface area contributed by atoms with E-state index in [-0.39, 0.29) is 23.0 Å². The number of carbonyl (C=O) groups is 1. The third kappa shape index (κ3) is 3.39. The Morgan fingerprint density at radius 2 is 1.69 bits per heavy atom. The average Bonchev–Trinajstić information content (AvgIpc) is 3.11. The molecule has 2 aliphatic heterocycles. The van der Waals surface area contributed by atoms with Gasteiger partial charge in [0.15, 0.2) is 0 Å². The highest BCUT2D eigenvalue weighted by Gasteiger charge is 2.59. The van der Waals surface area contributed by atoms with Gasteiger partial charge in [0.1, 0.15) is 0 Å². The van der Waals surface area contributed by atoms with Crippen LogP contribution >= 0.6 is 0 Å². The van der Waals surface area contributed by atoms with Gasteiger partial charge in [-0.05, 0) is 107 Å². The topological polar surface area (TPSA) is 35.6 Å². The summed E-state index contributed by atoms with van der Waals surface area (Å²) in [6.45, 7) is 6.45. The molecule has 1 saturated heterocycles. The quantitative estimate of drug-likeness (QED) is 0.593. The van der Waals surface area contributed by atoms with Crippen LogP contribution in [0.4, 0.5) is 10.5 Å². The molecule has 35 heavy (non-hydrogen) atoms. The molecule has 4 heteroatoms. The zero-order valence-electron chi connectivity index (χ0n) is 21.5. The highest BCUT2D eigenvalue weighted by molar-refractivity contribution is 5.96. The van der Waals surface area contributed by atoms with Crippen LogP contribution in [0.2, 0.25) is 0 Å². The molecular weight excluding hydrogens is 430 g/mol. The summed E-state index contributed by atoms with van der Waals surface area (Å²) >= 11 is 0. The summed E-state index contributed by atoms with van der Waals surface area (Å²) in [5.41, 5.74) is 6.83. The molecule has 4 atom stereocenters. The number of benzene rings is 2. The van der Waals surface area contributed by atoms with Crippen LogP contribution < -0.4 is 10.2 Å². The number of nitrogens with one attached hydrogen (secondary N) is 1. The van der Waals surface area contributed by atoms with Gasteiger partial charge >= 0.3 is 6.03 Å². The molecule has 4 saturated carbocycles. The number of carbonyl (C=O) groups excluding carboxylic acids is 1. The van der Waals surface area contributed by atoms with Crippen molar-refractivity contribution in [3.05, 3.63) is 64.7 Å². The zero-order valence-corrected chi connectivity index (χ0v) is 21.5. The second-order valence-corrected chi connectivity index (χ2v) is 13.0. The van der Waals surface area contributed by atoms with Crippen LogP contribution in [0.3, 0.4) is 0 Å². The van der Waals surface area contributed by atoms with Gasteiger partial charge in [0.2, 0.25) is 0 Å². The Hall–Kier alpha value is -2.33. The van der Waals surface area contributed by atoms with Crippen LogP contribution in [0.5, 0.6) is 0 Å². The molecular formula is C31H39N3O. The summed E-state index contributed by atoms with van der Waals surface area (Å²) in [4.78, 5) is 18.8. The van der Waals surface area contributed by atoms with E-state index in [1.807, 2.05) is 0 Å². The second kappa shape index (κ2) is 7.59. The van der Waals surface area contributed by atoms with E-state index in [9.17, 15) is 4.79 Å². The molecule has 4 nitrogen and oxygen atoms in total. The monoisotopic (exact) mass is 469 g/mol. The fourth-order valence-electron chi connectivity index (χ4n) is 9.29. The van der Waals surface area contributed by atoms with Gasteiger partial charge < -0.3 is 10.2 Å². The largest absolute Gasteiger partial charge is 0.332 e. The molecule has 0 radical (unpaired) electrons. The first-order valence-electron chi connectivity index (χ1n) is 13.8. The molecule has 4 aliphatic carbocycles. The number of amides is 2. The van der Waals surface area contributed by atoms with Gasteiger partial charge in [0.05, 0.1) is 0 Å². The summed E-state index contributed by atoms with van der Waals surface area (Å²) in [7, 11) is 2.22. The number of anilines is 1. The first-order valence-corrected chi connectivity index (χ1v) is 13.8. The van der Waals surface area contributed by atoms with Crippen LogP contribution in [0.25, 0.3) is 0 Å². The molecule has 0 unspecified atom stereocenters. The number of likely N-dealkylation sites (tertiary alicyclic amines) is 1. The van der Waals surface area contributed by atoms with E-state index >= 15 is 0 Å². The smallest absolute Gasteiger partial charge is 0.322 e. The molecule has 8 rings (SSSR count). The predicted octanol–water partition coefficient (Wildman–Crippen LogP) is 5.91. The highest BCUT2D eigenvalue weighted by atomic mass is 16.2. The minimum absolute atomic E-state index is 0.0551. The average molecular weight is 470 g/mol. The molecule has 0 spiro atoms. The molecule has 2 amide bonds. The van der Waals surface area contributed by atoms with E-state index in [1.54, 1.807) is 0 Å². The summed E-state index contributed by atoms with van der Waals surface area (Å²) in [5, 5.41) is 3.75. The third-order valence-corrected chi connectivity index (χ3v) is 10.3. The van der Waals surface area contributed by atoms with Gasteiger partial charge in [0, 0.05) is 29.7 Å². The Kier molecular flexibility index (Phi) is 4.75. The Morgan fingerprint density at radius 1 is 0.971 bits per heavy atom. The van der Waals surface area contributed by atoms with Crippen molar-refractivity contribution < 1.29 is 4.79 Å². The van der Waals surface area contributed by atoms with Gasteiger partial charge in [-0.2, -0.15) is 0 Å². The maximum absolute atomic E-state index is 14.2. The van der Waals surface area contributed by atoms with Crippen molar-refractivity contribution in [1.29, 1.82) is 0 Å². The summed E-state index contributed by atoms with van der Waals surface area (Å²) < 4.78 is 0. The first-order chi connectivity index (χ1) is 16.8. The molecule has 4 bridgehead atoms. The second-order valence-electron chi connectivity index (χ2n) is 13.0. The number of aryl methyl sites for hydroxylation is 2. The number of urea groups is 1. The van der Waals surface area contributed by atoms with Crippen molar-refractivity contribution in [2.75, 3.05) is 25.0 Å². The first kappa shape index (κ1) is 21.9. The molecule has 0 aromatic heterocycles. The Labute approximate surface area is 210 Å². The van der Waals surface area contributed by atoms with Crippen LogP contribution in [0.15, 0.2) is 42.5 Å². The fraction of sp³-hybridized carbons (Fsp3) is 0.581. The van der Waals surface area contributed by atoms with E-state index in [1.165, 1.54) is 41.5 Å². The number of fused-ring (bicyclic) bond motifs is 3. The van der Waals surface area contributed by atoms with Crippen molar-refractivity contribution in [2.45, 2.75) is 81.7 Å². The van der Waals surface area contributed by atoms with Crippen molar-refractivity contribution >= 4 is 11.7 Å². The number of hydrogen-bond donors (Lipinski definition) is 1. The van der Waals surface area contributed by atoms with Gasteiger partial charge in [-0.15, -0.1) is 0 Å². The van der Waals surface area contributed by atoms with E-state index in [2.05, 4.69) is 78.5 Å². The van der Waals surface area contributed by atoms with Gasteiger partial charge in [-0.3, -0.25) is 4.90 Å². The molecule has 2 aromatic rings. The van der Waals surface area contributed by atoms with Crippen LogP contribution in [0, 0.1) is 25.7 Å². The lowest BCUT2D eigenvalue weighted by atomic mass is 9.45. The van der Waals surface area contributed by atoms with Gasteiger partial charge in [0.25, 0.3) is 0 Å². The fourth-order valence-corrected chi connectivity index (χ4v) is 9.29. The number of nitrogens with zero attached hydrogens (tertiary/aromatic N) is 2. The molecule has 6 aliphatic rings. The van der Waals surface area contributed by atoms with E-state index in [0.717, 1.165) is 56.3 Å². The lowest BCUT2D eigenvalue weighted by Gasteiger charge is -2.62. The normalized spacial score (nSPS) is 37.3. The molecule has 184 valence electrons. The molecule has 2 heterocycles. The van der Waals surface area contributed by atoms with Crippen LogP contribution in [-0.2, 0) is 5.41 Å². The SMILES string of the molecule is Cc1ccc(C23C[C@H]4C[C@@H](CC(NC(=O)N5c6ccc(C)cc6[C@H]6CN(C)CC[C@@H]65)(C4)C2)C3)cc1. The van der Waals surface area contributed by atoms with Crippen LogP contribution in [0.1, 0.15) is 73.1 Å². The maximum atomic E-state index is 14.2. The van der Waals surface area contributed by atoms with Gasteiger partial charge in [-0.1, -0.05) is 47.5 Å². The zero-order chi connectivity index (χ0) is 23.9. The molecule has 2 aromatic carbocycles. The molecule has 1 N–H and O–H groups in total. The molecule has 5 fully saturated rings. The lowest BCUT2D eigenvalue weighted by molar-refractivity contribution is -0.0347. The Balaban J connectivity index is 1.21. The van der Waals surface area contributed by atoms with Crippen molar-refractivity contribution in [2.24, 2.45) is 11.8 Å². The third-order valence-electron chi connectivity index (χ3n) is 10.3. The van der Waals surface area contributed by atoms with E-state index in [4.69, 9.17) is 0 Å². The Morgan fingerprint density at radius 3 is 2.43 bits per heavy atom. The van der Waals surface area contributed by atoms with Gasteiger partial charge in [-0.25, -0.2) is 4.79 Å². The number of hydrogen-bond acceptors (Lipinski definition) is 2. The summed E-state index contributed by atoms with van der Waals surface area (Å²) in [6, 6.07) is 16.5. The van der Waals surface area contributed by atoms with Crippen molar-refractivity contribution in [1.82, 2.24) is 10.2 Å². The van der Waals surface area contributed by atoms with Crippen molar-refractivity contribution in [3.63, 3.8) is 0 Å². The number of likely N-dealkylation sites (N-methyl/N-ethyl adjacent to an activating group) is 1. The van der Waals surface area contributed by atoms with E-state index < -0.39 is 0 Å². The highest BCUT2D eigenvalue weighted by Crippen LogP contribution is 2.62. The minimum atomic E-state index is -0.0551. The minimum Gasteiger partial charge on any atom is -0.332 e. The summed E-state index contributed by atoms with van der Waals surface area (Å²) in [5.74, 6) is 1.90. The van der Waals surface area contributed by atoms with Crippen molar-refractivity contribution in [3.8, 4) is 0 Å². The summed E-state index contributed by atoms with van der Waals surface area (Å²) in [6.07, 6.45) is 8.43. The Bertz CT molecular complexity index is 1160. The predicted molar refractivity (Wildman–Crippen MR) is 141 cm³/mol. The number of piperidine rings is 1. The van der Waals surface area contributed by atoms with E-state index in [0.29, 0.717) is 5.92 Å². The standard InChI is InChI=1S/C31H39N3O/c1-20-4-7-24(8-5-20)30-14-22-13-23(15-30)17-31(16-22,19-30)32-29(35)34-27-9-6-21(2)12-25(27)26-18-33(3)11-10-28(26)34/h4-9,12,22-23,26,28H,10-11,13-19H2,1-3H3,(H,32,35)/t22-,23-,26-,28+,30?,31?/m1/s1. The maximum Gasteiger partial charge on any atom is 0.322 e. The lowest BCUT2D eigenvalue weighted by Crippen LogP contribution is -2.66.